The molecule has 0 amide bonds. The SMILES string of the molecule is CC1CCCN(C(N)=NCCCCN2CCCC2)C1. The predicted molar refractivity (Wildman–Crippen MR) is 81.4 cm³/mol. The maximum absolute atomic E-state index is 6.08. The standard InChI is InChI=1S/C15H30N4/c1-14-7-6-12-19(13-14)15(16)17-8-2-3-9-18-10-4-5-11-18/h14H,2-13H2,1H3,(H2,16,17). The van der Waals surface area contributed by atoms with Crippen LogP contribution in [0.25, 0.3) is 0 Å². The highest BCUT2D eigenvalue weighted by molar-refractivity contribution is 5.78. The van der Waals surface area contributed by atoms with E-state index >= 15 is 0 Å². The predicted octanol–water partition coefficient (Wildman–Crippen LogP) is 1.91. The highest BCUT2D eigenvalue weighted by Gasteiger charge is 2.17. The summed E-state index contributed by atoms with van der Waals surface area (Å²) in [5.41, 5.74) is 6.08. The zero-order valence-electron chi connectivity index (χ0n) is 12.5. The van der Waals surface area contributed by atoms with Gasteiger partial charge in [-0.15, -0.1) is 0 Å². The van der Waals surface area contributed by atoms with Crippen LogP contribution in [0, 0.1) is 5.92 Å². The van der Waals surface area contributed by atoms with Crippen molar-refractivity contribution in [2.24, 2.45) is 16.6 Å². The van der Waals surface area contributed by atoms with Crippen LogP contribution in [0.3, 0.4) is 0 Å². The van der Waals surface area contributed by atoms with Gasteiger partial charge in [0, 0.05) is 19.6 Å². The first-order valence-corrected chi connectivity index (χ1v) is 8.03. The molecule has 110 valence electrons. The molecular weight excluding hydrogens is 236 g/mol. The minimum atomic E-state index is 0.762. The van der Waals surface area contributed by atoms with E-state index in [0.29, 0.717) is 0 Å². The van der Waals surface area contributed by atoms with Crippen molar-refractivity contribution >= 4 is 5.96 Å². The van der Waals surface area contributed by atoms with Crippen molar-refractivity contribution in [3.63, 3.8) is 0 Å². The summed E-state index contributed by atoms with van der Waals surface area (Å²) in [5.74, 6) is 1.53. The molecule has 2 aliphatic rings. The van der Waals surface area contributed by atoms with Crippen molar-refractivity contribution in [1.82, 2.24) is 9.80 Å². The molecular formula is C15H30N4. The second-order valence-corrected chi connectivity index (χ2v) is 6.19. The third kappa shape index (κ3) is 5.01. The summed E-state index contributed by atoms with van der Waals surface area (Å²) in [6, 6.07) is 0. The van der Waals surface area contributed by atoms with Crippen molar-refractivity contribution in [1.29, 1.82) is 0 Å². The largest absolute Gasteiger partial charge is 0.370 e. The molecule has 2 fully saturated rings. The Kier molecular flexibility index (Phi) is 5.95. The van der Waals surface area contributed by atoms with Gasteiger partial charge in [-0.05, 0) is 64.1 Å². The van der Waals surface area contributed by atoms with Crippen LogP contribution in [0.5, 0.6) is 0 Å². The monoisotopic (exact) mass is 266 g/mol. The molecule has 0 aliphatic carbocycles. The summed E-state index contributed by atoms with van der Waals surface area (Å²) < 4.78 is 0. The van der Waals surface area contributed by atoms with Crippen molar-refractivity contribution in [2.45, 2.75) is 45.4 Å². The Morgan fingerprint density at radius 3 is 2.68 bits per heavy atom. The molecule has 1 unspecified atom stereocenters. The average Bonchev–Trinajstić information content (AvgIpc) is 2.91. The van der Waals surface area contributed by atoms with E-state index in [-0.39, 0.29) is 0 Å². The Labute approximate surface area is 118 Å². The van der Waals surface area contributed by atoms with E-state index in [4.69, 9.17) is 5.73 Å². The fourth-order valence-corrected chi connectivity index (χ4v) is 3.14. The number of guanidine groups is 1. The van der Waals surface area contributed by atoms with Crippen LogP contribution in [0.4, 0.5) is 0 Å². The van der Waals surface area contributed by atoms with Gasteiger partial charge in [0.05, 0.1) is 0 Å². The van der Waals surface area contributed by atoms with E-state index in [1.165, 1.54) is 58.2 Å². The number of rotatable bonds is 5. The molecule has 0 aromatic carbocycles. The van der Waals surface area contributed by atoms with Crippen LogP contribution in [-0.2, 0) is 0 Å². The molecule has 0 bridgehead atoms. The van der Waals surface area contributed by atoms with Crippen LogP contribution in [0.1, 0.15) is 45.4 Å². The number of aliphatic imine (C=N–C) groups is 1. The molecule has 19 heavy (non-hydrogen) atoms. The smallest absolute Gasteiger partial charge is 0.191 e. The molecule has 2 N–H and O–H groups in total. The molecule has 2 rings (SSSR count). The molecule has 0 saturated carbocycles. The Bertz CT molecular complexity index is 284. The number of hydrogen-bond acceptors (Lipinski definition) is 2. The van der Waals surface area contributed by atoms with Crippen LogP contribution in [0.15, 0.2) is 4.99 Å². The average molecular weight is 266 g/mol. The molecule has 0 radical (unpaired) electrons. The van der Waals surface area contributed by atoms with Crippen molar-refractivity contribution < 1.29 is 0 Å². The normalized spacial score (nSPS) is 26.1. The molecule has 0 aromatic heterocycles. The summed E-state index contributed by atoms with van der Waals surface area (Å²) in [7, 11) is 0. The third-order valence-electron chi connectivity index (χ3n) is 4.34. The van der Waals surface area contributed by atoms with Gasteiger partial charge in [0.15, 0.2) is 5.96 Å². The summed E-state index contributed by atoms with van der Waals surface area (Å²) in [5, 5.41) is 0. The zero-order valence-corrected chi connectivity index (χ0v) is 12.5. The van der Waals surface area contributed by atoms with Gasteiger partial charge >= 0.3 is 0 Å². The summed E-state index contributed by atoms with van der Waals surface area (Å²) in [6.45, 7) is 9.22. The summed E-state index contributed by atoms with van der Waals surface area (Å²) >= 11 is 0. The Hall–Kier alpha value is -0.770. The van der Waals surface area contributed by atoms with Crippen LogP contribution in [-0.4, -0.2) is 55.0 Å². The fourth-order valence-electron chi connectivity index (χ4n) is 3.14. The van der Waals surface area contributed by atoms with E-state index in [2.05, 4.69) is 21.7 Å². The highest BCUT2D eigenvalue weighted by atomic mass is 15.3. The number of unbranched alkanes of at least 4 members (excludes halogenated alkanes) is 1. The molecule has 2 aliphatic heterocycles. The minimum absolute atomic E-state index is 0.762. The molecule has 2 saturated heterocycles. The van der Waals surface area contributed by atoms with Gasteiger partial charge in [-0.3, -0.25) is 4.99 Å². The molecule has 4 heteroatoms. The summed E-state index contributed by atoms with van der Waals surface area (Å²) in [4.78, 5) is 9.38. The molecule has 4 nitrogen and oxygen atoms in total. The lowest BCUT2D eigenvalue weighted by Crippen LogP contribution is -2.43. The Morgan fingerprint density at radius 1 is 1.16 bits per heavy atom. The van der Waals surface area contributed by atoms with Gasteiger partial charge in [0.1, 0.15) is 0 Å². The van der Waals surface area contributed by atoms with E-state index in [0.717, 1.165) is 31.5 Å². The maximum Gasteiger partial charge on any atom is 0.191 e. The van der Waals surface area contributed by atoms with E-state index in [1.54, 1.807) is 0 Å². The number of piperidine rings is 1. The van der Waals surface area contributed by atoms with Gasteiger partial charge in [-0.25, -0.2) is 0 Å². The zero-order chi connectivity index (χ0) is 13.5. The molecule has 0 aromatic rings. The number of nitrogens with zero attached hydrogens (tertiary/aromatic N) is 3. The minimum Gasteiger partial charge on any atom is -0.370 e. The molecule has 0 spiro atoms. The highest BCUT2D eigenvalue weighted by Crippen LogP contribution is 2.15. The topological polar surface area (TPSA) is 44.9 Å². The Morgan fingerprint density at radius 2 is 1.95 bits per heavy atom. The van der Waals surface area contributed by atoms with Gasteiger partial charge in [0.2, 0.25) is 0 Å². The van der Waals surface area contributed by atoms with Gasteiger partial charge < -0.3 is 15.5 Å². The van der Waals surface area contributed by atoms with Gasteiger partial charge in [0.25, 0.3) is 0 Å². The second kappa shape index (κ2) is 7.73. The first-order valence-electron chi connectivity index (χ1n) is 8.03. The lowest BCUT2D eigenvalue weighted by atomic mass is 10.0. The molecule has 2 heterocycles. The maximum atomic E-state index is 6.08. The lowest BCUT2D eigenvalue weighted by Gasteiger charge is -2.31. The van der Waals surface area contributed by atoms with Gasteiger partial charge in [-0.1, -0.05) is 6.92 Å². The summed E-state index contributed by atoms with van der Waals surface area (Å²) in [6.07, 6.45) is 7.79. The van der Waals surface area contributed by atoms with E-state index < -0.39 is 0 Å². The fraction of sp³-hybridized carbons (Fsp3) is 0.933. The third-order valence-corrected chi connectivity index (χ3v) is 4.34. The first-order chi connectivity index (χ1) is 9.25. The van der Waals surface area contributed by atoms with Crippen molar-refractivity contribution in [3.05, 3.63) is 0 Å². The number of likely N-dealkylation sites (tertiary alicyclic amines) is 2. The quantitative estimate of drug-likeness (QED) is 0.470. The van der Waals surface area contributed by atoms with Crippen molar-refractivity contribution in [2.75, 3.05) is 39.3 Å². The molecule has 1 atom stereocenters. The van der Waals surface area contributed by atoms with Crippen molar-refractivity contribution in [3.8, 4) is 0 Å². The second-order valence-electron chi connectivity index (χ2n) is 6.19. The first kappa shape index (κ1) is 14.6. The number of nitrogens with two attached hydrogens (primary N) is 1. The van der Waals surface area contributed by atoms with Crippen LogP contribution in [0.2, 0.25) is 0 Å². The lowest BCUT2D eigenvalue weighted by molar-refractivity contribution is 0.270. The van der Waals surface area contributed by atoms with Gasteiger partial charge in [-0.2, -0.15) is 0 Å². The van der Waals surface area contributed by atoms with Crippen LogP contribution < -0.4 is 5.73 Å². The van der Waals surface area contributed by atoms with E-state index in [9.17, 15) is 0 Å². The van der Waals surface area contributed by atoms with E-state index in [1.807, 2.05) is 0 Å². The Balaban J connectivity index is 1.58. The van der Waals surface area contributed by atoms with Crippen LogP contribution >= 0.6 is 0 Å². The number of hydrogen-bond donors (Lipinski definition) is 1.